The first-order valence-corrected chi connectivity index (χ1v) is 14.3. The summed E-state index contributed by atoms with van der Waals surface area (Å²) in [5, 5.41) is 9.75. The highest BCUT2D eigenvalue weighted by molar-refractivity contribution is 7.53. The molecule has 6 heteroatoms. The summed E-state index contributed by atoms with van der Waals surface area (Å²) in [4.78, 5) is 9.55. The molecule has 0 spiro atoms. The van der Waals surface area contributed by atoms with Crippen LogP contribution in [0.25, 0.3) is 0 Å². The number of rotatable bonds is 23. The fourth-order valence-electron chi connectivity index (χ4n) is 3.36. The summed E-state index contributed by atoms with van der Waals surface area (Å²) in [6, 6.07) is 0. The second kappa shape index (κ2) is 20.9. The minimum Gasteiger partial charge on any atom is -0.388 e. The van der Waals surface area contributed by atoms with E-state index in [9.17, 15) is 14.6 Å². The molecule has 0 saturated heterocycles. The first kappa shape index (κ1) is 30.1. The van der Waals surface area contributed by atoms with Crippen LogP contribution >= 0.6 is 7.60 Å². The number of ether oxygens (including phenoxy) is 1. The lowest BCUT2D eigenvalue weighted by Crippen LogP contribution is -2.22. The van der Waals surface area contributed by atoms with Gasteiger partial charge in [-0.1, -0.05) is 117 Å². The van der Waals surface area contributed by atoms with Crippen molar-refractivity contribution in [2.45, 2.75) is 135 Å². The summed E-state index contributed by atoms with van der Waals surface area (Å²) in [5.41, 5.74) is -0.462. The molecule has 2 atom stereocenters. The molecule has 182 valence electrons. The Labute approximate surface area is 186 Å². The summed E-state index contributed by atoms with van der Waals surface area (Å²) in [6.45, 7) is 6.13. The summed E-state index contributed by atoms with van der Waals surface area (Å²) in [6.07, 6.45) is 20.6. The van der Waals surface area contributed by atoms with Gasteiger partial charge in [-0.3, -0.25) is 4.57 Å². The minimum atomic E-state index is -3.61. The Morgan fingerprint density at radius 1 is 0.700 bits per heavy atom. The van der Waals surface area contributed by atoms with Crippen molar-refractivity contribution in [3.63, 3.8) is 0 Å². The van der Waals surface area contributed by atoms with E-state index in [2.05, 4.69) is 6.92 Å². The van der Waals surface area contributed by atoms with Gasteiger partial charge in [0.2, 0.25) is 0 Å². The van der Waals surface area contributed by atoms with Gasteiger partial charge in [0.25, 0.3) is 0 Å². The van der Waals surface area contributed by atoms with Gasteiger partial charge in [0.1, 0.15) is 6.10 Å². The Balaban J connectivity index is 3.23. The second-order valence-corrected chi connectivity index (χ2v) is 11.4. The quantitative estimate of drug-likeness (QED) is 0.127. The topological polar surface area (TPSA) is 76.0 Å². The molecule has 0 aliphatic heterocycles. The molecule has 0 bridgehead atoms. The van der Waals surface area contributed by atoms with Crippen molar-refractivity contribution in [1.82, 2.24) is 0 Å². The zero-order valence-corrected chi connectivity index (χ0v) is 21.1. The van der Waals surface area contributed by atoms with E-state index < -0.39 is 19.4 Å². The number of unbranched alkanes of at least 4 members (excludes halogenated alkanes) is 15. The Morgan fingerprint density at radius 2 is 1.10 bits per heavy atom. The molecule has 0 aliphatic rings. The van der Waals surface area contributed by atoms with E-state index in [1.54, 1.807) is 13.8 Å². The van der Waals surface area contributed by atoms with E-state index in [4.69, 9.17) is 9.26 Å². The molecule has 5 nitrogen and oxygen atoms in total. The average Bonchev–Trinajstić information content (AvgIpc) is 2.71. The minimum absolute atomic E-state index is 0.150. The van der Waals surface area contributed by atoms with Gasteiger partial charge in [0.05, 0.1) is 18.9 Å². The number of hydrogen-bond acceptors (Lipinski definition) is 4. The van der Waals surface area contributed by atoms with E-state index in [-0.39, 0.29) is 13.2 Å². The van der Waals surface area contributed by atoms with Crippen molar-refractivity contribution in [1.29, 1.82) is 0 Å². The SMILES string of the molecule is CCCCCCCCCCCCCCCCCCOC[C@@H](O)COP(=O)(O)C(C)C. The summed E-state index contributed by atoms with van der Waals surface area (Å²) in [5.74, 6) is 0. The Morgan fingerprint density at radius 3 is 1.50 bits per heavy atom. The van der Waals surface area contributed by atoms with E-state index in [0.29, 0.717) is 6.61 Å². The zero-order chi connectivity index (χ0) is 22.5. The largest absolute Gasteiger partial charge is 0.388 e. The van der Waals surface area contributed by atoms with Gasteiger partial charge in [0, 0.05) is 6.61 Å². The predicted octanol–water partition coefficient (Wildman–Crippen LogP) is 7.24. The van der Waals surface area contributed by atoms with E-state index in [0.717, 1.165) is 12.8 Å². The van der Waals surface area contributed by atoms with Gasteiger partial charge in [-0.2, -0.15) is 0 Å². The first-order chi connectivity index (χ1) is 14.4. The fraction of sp³-hybridized carbons (Fsp3) is 1.00. The van der Waals surface area contributed by atoms with Gasteiger partial charge < -0.3 is 19.3 Å². The first-order valence-electron chi connectivity index (χ1n) is 12.6. The molecule has 1 unspecified atom stereocenters. The van der Waals surface area contributed by atoms with Gasteiger partial charge in [-0.05, 0) is 6.42 Å². The molecule has 0 aromatic carbocycles. The molecule has 0 rings (SSSR count). The molecule has 0 aromatic heterocycles. The number of aliphatic hydroxyl groups excluding tert-OH is 1. The van der Waals surface area contributed by atoms with Crippen LogP contribution in [0.15, 0.2) is 0 Å². The Kier molecular flexibility index (Phi) is 21.0. The Bertz CT molecular complexity index is 403. The van der Waals surface area contributed by atoms with Crippen LogP contribution in [0, 0.1) is 0 Å². The van der Waals surface area contributed by atoms with Crippen molar-refractivity contribution in [3.05, 3.63) is 0 Å². The fourth-order valence-corrected chi connectivity index (χ4v) is 4.05. The third kappa shape index (κ3) is 20.0. The monoisotopic (exact) mass is 450 g/mol. The van der Waals surface area contributed by atoms with Crippen LogP contribution in [0.5, 0.6) is 0 Å². The van der Waals surface area contributed by atoms with Crippen molar-refractivity contribution in [3.8, 4) is 0 Å². The van der Waals surface area contributed by atoms with E-state index in [1.165, 1.54) is 89.9 Å². The third-order valence-electron chi connectivity index (χ3n) is 5.56. The summed E-state index contributed by atoms with van der Waals surface area (Å²) in [7, 11) is -3.61. The van der Waals surface area contributed by atoms with Crippen molar-refractivity contribution < 1.29 is 23.8 Å². The van der Waals surface area contributed by atoms with E-state index >= 15 is 0 Å². The van der Waals surface area contributed by atoms with Crippen LogP contribution in [0.2, 0.25) is 0 Å². The molecular formula is C24H51O5P. The average molecular weight is 451 g/mol. The predicted molar refractivity (Wildman–Crippen MR) is 127 cm³/mol. The highest BCUT2D eigenvalue weighted by atomic mass is 31.2. The highest BCUT2D eigenvalue weighted by Crippen LogP contribution is 2.46. The van der Waals surface area contributed by atoms with Gasteiger partial charge in [-0.25, -0.2) is 0 Å². The normalized spacial score (nSPS) is 14.9. The van der Waals surface area contributed by atoms with Crippen LogP contribution in [-0.2, 0) is 13.8 Å². The lowest BCUT2D eigenvalue weighted by atomic mass is 10.0. The van der Waals surface area contributed by atoms with Crippen molar-refractivity contribution >= 4 is 7.60 Å². The lowest BCUT2D eigenvalue weighted by Gasteiger charge is -2.18. The summed E-state index contributed by atoms with van der Waals surface area (Å²) >= 11 is 0. The molecule has 0 amide bonds. The van der Waals surface area contributed by atoms with Crippen LogP contribution in [0.3, 0.4) is 0 Å². The van der Waals surface area contributed by atoms with Crippen LogP contribution < -0.4 is 0 Å². The molecule has 0 aromatic rings. The molecular weight excluding hydrogens is 399 g/mol. The molecule has 0 saturated carbocycles. The maximum atomic E-state index is 11.6. The third-order valence-corrected chi connectivity index (χ3v) is 7.38. The molecule has 0 heterocycles. The molecule has 0 aliphatic carbocycles. The Hall–Kier alpha value is 0.0700. The molecule has 0 radical (unpaired) electrons. The van der Waals surface area contributed by atoms with Crippen LogP contribution in [-0.4, -0.2) is 41.6 Å². The lowest BCUT2D eigenvalue weighted by molar-refractivity contribution is 0.00853. The van der Waals surface area contributed by atoms with E-state index in [1.807, 2.05) is 0 Å². The number of hydrogen-bond donors (Lipinski definition) is 2. The van der Waals surface area contributed by atoms with Gasteiger partial charge >= 0.3 is 7.60 Å². The second-order valence-electron chi connectivity index (χ2n) is 8.99. The van der Waals surface area contributed by atoms with Crippen molar-refractivity contribution in [2.75, 3.05) is 19.8 Å². The standard InChI is InChI=1S/C24H51O5P/c1-4-5-6-7-8-9-10-11-12-13-14-15-16-17-18-19-20-28-21-24(25)22-29-30(26,27)23(2)3/h23-25H,4-22H2,1-3H3,(H,26,27)/t24-/m1/s1. The van der Waals surface area contributed by atoms with Crippen LogP contribution in [0.4, 0.5) is 0 Å². The smallest absolute Gasteiger partial charge is 0.330 e. The van der Waals surface area contributed by atoms with Crippen molar-refractivity contribution in [2.24, 2.45) is 0 Å². The summed E-state index contributed by atoms with van der Waals surface area (Å²) < 4.78 is 22.0. The zero-order valence-electron chi connectivity index (χ0n) is 20.2. The van der Waals surface area contributed by atoms with Crippen LogP contribution in [0.1, 0.15) is 124 Å². The molecule has 0 fully saturated rings. The maximum Gasteiger partial charge on any atom is 0.330 e. The van der Waals surface area contributed by atoms with Gasteiger partial charge in [-0.15, -0.1) is 0 Å². The highest BCUT2D eigenvalue weighted by Gasteiger charge is 2.25. The maximum absolute atomic E-state index is 11.6. The van der Waals surface area contributed by atoms with Gasteiger partial charge in [0.15, 0.2) is 0 Å². The number of aliphatic hydroxyl groups is 1. The molecule has 2 N–H and O–H groups in total. The molecule has 30 heavy (non-hydrogen) atoms.